The molecule has 2 N–H and O–H groups in total. The van der Waals surface area contributed by atoms with Crippen LogP contribution in [-0.4, -0.2) is 15.3 Å². The minimum atomic E-state index is 0.726. The van der Waals surface area contributed by atoms with Crippen LogP contribution < -0.4 is 5.64 Å². The molecule has 4 heteroatoms. The zero-order valence-electron chi connectivity index (χ0n) is 5.22. The van der Waals surface area contributed by atoms with Crippen LogP contribution in [0.1, 0.15) is 0 Å². The summed E-state index contributed by atoms with van der Waals surface area (Å²) in [5.41, 5.74) is 5.07. The van der Waals surface area contributed by atoms with E-state index in [4.69, 9.17) is 10.9 Å². The van der Waals surface area contributed by atoms with Gasteiger partial charge in [-0.25, -0.2) is 5.26 Å². The summed E-state index contributed by atoms with van der Waals surface area (Å²) in [6, 6.07) is 0. The summed E-state index contributed by atoms with van der Waals surface area (Å²) >= 11 is 0. The lowest BCUT2D eigenvalue weighted by atomic mass is 9.92. The molecule has 0 aliphatic carbocycles. The lowest BCUT2D eigenvalue weighted by Gasteiger charge is -1.70. The summed E-state index contributed by atoms with van der Waals surface area (Å²) in [5, 5.41) is 7.32. The number of hydrogen-bond donors (Lipinski definition) is 1. The van der Waals surface area contributed by atoms with Crippen molar-refractivity contribution in [2.75, 3.05) is 0 Å². The van der Waals surface area contributed by atoms with E-state index in [0.717, 1.165) is 13.7 Å². The lowest BCUT2D eigenvalue weighted by Crippen LogP contribution is -2.00. The second-order valence-corrected chi connectivity index (χ2v) is 1.09. The van der Waals surface area contributed by atoms with Crippen molar-refractivity contribution in [3.63, 3.8) is 0 Å². The normalized spacial score (nSPS) is 5.00. The topological polar surface area (TPSA) is 49.8 Å². The van der Waals surface area contributed by atoms with E-state index in [1.54, 1.807) is 12.0 Å². The van der Waals surface area contributed by atoms with Crippen molar-refractivity contribution in [1.29, 1.82) is 5.26 Å². The fourth-order valence-corrected chi connectivity index (χ4v) is 0.118. The fraction of sp³-hybridized carbons (Fsp3) is 0.250. The van der Waals surface area contributed by atoms with Gasteiger partial charge in [-0.1, -0.05) is 6.08 Å². The van der Waals surface area contributed by atoms with Gasteiger partial charge in [-0.2, -0.15) is 0 Å². The Morgan fingerprint density at radius 3 is 2.38 bits per heavy atom. The van der Waals surface area contributed by atoms with Gasteiger partial charge in [0, 0.05) is 0 Å². The molecule has 0 saturated heterocycles. The third-order valence-corrected chi connectivity index (χ3v) is 0.371. The molecule has 0 bridgehead atoms. The Kier molecular flexibility index (Phi) is 21.0. The van der Waals surface area contributed by atoms with Gasteiger partial charge in [-0.3, -0.25) is 0 Å². The molecule has 0 atom stereocenters. The highest BCUT2D eigenvalue weighted by molar-refractivity contribution is 6.31. The standard InChI is InChI=1S/C3H8BN.CH2BN/c1-2-3-4-5;2-1-3/h2,4H,1,3,5H2;2H2. The first kappa shape index (κ1) is 10.3. The van der Waals surface area contributed by atoms with E-state index in [1.807, 2.05) is 0 Å². The van der Waals surface area contributed by atoms with Crippen LogP contribution >= 0.6 is 0 Å². The van der Waals surface area contributed by atoms with Gasteiger partial charge in [0.1, 0.15) is 0 Å². The van der Waals surface area contributed by atoms with Gasteiger partial charge in [0.15, 0.2) is 0 Å². The maximum Gasteiger partial charge on any atom is 0.232 e. The minimum absolute atomic E-state index is 0.726. The van der Waals surface area contributed by atoms with Gasteiger partial charge in [0.05, 0.1) is 0 Å². The van der Waals surface area contributed by atoms with E-state index in [0.29, 0.717) is 0 Å². The first-order chi connectivity index (χ1) is 3.83. The third kappa shape index (κ3) is 57.0. The van der Waals surface area contributed by atoms with E-state index >= 15 is 0 Å². The van der Waals surface area contributed by atoms with Crippen LogP contribution in [-0.2, 0) is 0 Å². The number of rotatable bonds is 2. The number of allylic oxidation sites excluding steroid dienone is 1. The Morgan fingerprint density at radius 2 is 2.38 bits per heavy atom. The molecule has 0 aromatic carbocycles. The molecule has 0 spiro atoms. The van der Waals surface area contributed by atoms with E-state index in [9.17, 15) is 0 Å². The zero-order valence-corrected chi connectivity index (χ0v) is 5.22. The molecule has 0 aromatic heterocycles. The van der Waals surface area contributed by atoms with Crippen molar-refractivity contribution >= 4 is 15.3 Å². The molecule has 0 amide bonds. The molecule has 0 heterocycles. The van der Waals surface area contributed by atoms with Crippen molar-refractivity contribution in [3.8, 4) is 5.97 Å². The quantitative estimate of drug-likeness (QED) is 0.364. The number of nitriles is 1. The van der Waals surface area contributed by atoms with Crippen LogP contribution in [0.2, 0.25) is 6.32 Å². The van der Waals surface area contributed by atoms with Crippen molar-refractivity contribution in [1.82, 2.24) is 0 Å². The monoisotopic (exact) mass is 108 g/mol. The fourth-order valence-electron chi connectivity index (χ4n) is 0.118. The number of nitrogens with zero attached hydrogens (tertiary/aromatic N) is 1. The molecule has 2 nitrogen and oxygen atoms in total. The molecule has 0 radical (unpaired) electrons. The second-order valence-electron chi connectivity index (χ2n) is 1.09. The second kappa shape index (κ2) is 16.2. The van der Waals surface area contributed by atoms with E-state index in [1.165, 1.54) is 7.85 Å². The average Bonchev–Trinajstić information content (AvgIpc) is 1.71. The van der Waals surface area contributed by atoms with E-state index in [2.05, 4.69) is 6.58 Å². The van der Waals surface area contributed by atoms with Crippen LogP contribution in [0, 0.1) is 11.2 Å². The summed E-state index contributed by atoms with van der Waals surface area (Å²) in [4.78, 5) is 0. The van der Waals surface area contributed by atoms with Gasteiger partial charge in [0.2, 0.25) is 15.3 Å². The highest BCUT2D eigenvalue weighted by Crippen LogP contribution is 1.66. The van der Waals surface area contributed by atoms with Gasteiger partial charge in [-0.05, 0) is 12.3 Å². The highest BCUT2D eigenvalue weighted by atomic mass is 14.3. The number of hydrogen-bond acceptors (Lipinski definition) is 2. The Labute approximate surface area is 52.0 Å². The highest BCUT2D eigenvalue weighted by Gasteiger charge is 1.66. The molecule has 0 unspecified atom stereocenters. The van der Waals surface area contributed by atoms with Crippen molar-refractivity contribution in [2.45, 2.75) is 6.32 Å². The van der Waals surface area contributed by atoms with Crippen LogP contribution in [0.25, 0.3) is 0 Å². The zero-order chi connectivity index (χ0) is 6.83. The van der Waals surface area contributed by atoms with Gasteiger partial charge in [0.25, 0.3) is 0 Å². The number of nitrogens with two attached hydrogens (primary N) is 1. The summed E-state index contributed by atoms with van der Waals surface area (Å²) < 4.78 is 0. The molecule has 0 fully saturated rings. The maximum atomic E-state index is 7.32. The SMILES string of the molecule is BC#N.C=CCBN. The molecule has 0 aromatic rings. The summed E-state index contributed by atoms with van der Waals surface area (Å²) in [6.45, 7) is 3.47. The summed E-state index contributed by atoms with van der Waals surface area (Å²) in [5.74, 6) is 1.75. The molecule has 0 aliphatic heterocycles. The van der Waals surface area contributed by atoms with Crippen molar-refractivity contribution < 1.29 is 0 Å². The van der Waals surface area contributed by atoms with Crippen LogP contribution in [0.15, 0.2) is 12.7 Å². The molecule has 0 saturated carbocycles. The minimum Gasteiger partial charge on any atom is -0.373 e. The molecule has 42 valence electrons. The first-order valence-corrected chi connectivity index (χ1v) is 2.45. The van der Waals surface area contributed by atoms with Crippen LogP contribution in [0.3, 0.4) is 0 Å². The van der Waals surface area contributed by atoms with Crippen LogP contribution in [0.4, 0.5) is 0 Å². The summed E-state index contributed by atoms with van der Waals surface area (Å²) in [6.07, 6.45) is 2.74. The smallest absolute Gasteiger partial charge is 0.232 e. The summed E-state index contributed by atoms with van der Waals surface area (Å²) in [7, 11) is 2.16. The predicted octanol–water partition coefficient (Wildman–Crippen LogP) is -0.999. The molecular weight excluding hydrogens is 97.7 g/mol. The Bertz CT molecular complexity index is 76.6. The van der Waals surface area contributed by atoms with Gasteiger partial charge >= 0.3 is 0 Å². The lowest BCUT2D eigenvalue weighted by molar-refractivity contribution is 1.57. The third-order valence-electron chi connectivity index (χ3n) is 0.371. The Balaban J connectivity index is 0. The average molecular weight is 108 g/mol. The largest absolute Gasteiger partial charge is 0.373 e. The molecule has 8 heavy (non-hydrogen) atoms. The maximum absolute atomic E-state index is 7.32. The first-order valence-electron chi connectivity index (χ1n) is 2.45. The van der Waals surface area contributed by atoms with Gasteiger partial charge < -0.3 is 5.64 Å². The van der Waals surface area contributed by atoms with Crippen molar-refractivity contribution in [3.05, 3.63) is 12.7 Å². The Morgan fingerprint density at radius 1 is 2.00 bits per heavy atom. The Hall–Kier alpha value is -0.680. The van der Waals surface area contributed by atoms with Crippen molar-refractivity contribution in [2.24, 2.45) is 5.64 Å². The van der Waals surface area contributed by atoms with Gasteiger partial charge in [-0.15, -0.1) is 6.58 Å². The molecule has 0 aliphatic rings. The van der Waals surface area contributed by atoms with E-state index in [-0.39, 0.29) is 0 Å². The van der Waals surface area contributed by atoms with E-state index < -0.39 is 0 Å². The molecule has 0 rings (SSSR count). The van der Waals surface area contributed by atoms with Crippen LogP contribution in [0.5, 0.6) is 0 Å². The predicted molar refractivity (Wildman–Crippen MR) is 40.5 cm³/mol. The molecular formula is C4H10B2N2.